The Kier molecular flexibility index (Phi) is 5.13. The van der Waals surface area contributed by atoms with Gasteiger partial charge in [-0.3, -0.25) is 0 Å². The highest BCUT2D eigenvalue weighted by molar-refractivity contribution is 9.11. The van der Waals surface area contributed by atoms with Crippen LogP contribution in [0, 0.1) is 0 Å². The molecule has 1 heterocycles. The Morgan fingerprint density at radius 2 is 1.81 bits per heavy atom. The SMILES string of the molecule is COc1cc(Br)c(Oc2ncccc2S(=O)(=O)Cl)cc1Br. The van der Waals surface area contributed by atoms with Gasteiger partial charge in [-0.2, -0.15) is 0 Å². The van der Waals surface area contributed by atoms with E-state index in [0.29, 0.717) is 20.4 Å². The van der Waals surface area contributed by atoms with Crippen molar-refractivity contribution < 1.29 is 17.9 Å². The molecule has 2 aromatic rings. The van der Waals surface area contributed by atoms with Gasteiger partial charge in [-0.1, -0.05) is 0 Å². The van der Waals surface area contributed by atoms with Crippen molar-refractivity contribution in [2.75, 3.05) is 7.11 Å². The summed E-state index contributed by atoms with van der Waals surface area (Å²) in [5.41, 5.74) is 0. The number of aromatic nitrogens is 1. The third-order valence-corrected chi connectivity index (χ3v) is 4.99. The second kappa shape index (κ2) is 6.51. The number of nitrogens with zero attached hydrogens (tertiary/aromatic N) is 1. The summed E-state index contributed by atoms with van der Waals surface area (Å²) in [6, 6.07) is 6.08. The largest absolute Gasteiger partial charge is 0.496 e. The van der Waals surface area contributed by atoms with Gasteiger partial charge >= 0.3 is 0 Å². The Morgan fingerprint density at radius 3 is 2.43 bits per heavy atom. The molecule has 0 fully saturated rings. The minimum absolute atomic E-state index is 0.106. The molecule has 0 aliphatic heterocycles. The third-order valence-electron chi connectivity index (χ3n) is 2.41. The van der Waals surface area contributed by atoms with Gasteiger partial charge < -0.3 is 9.47 Å². The highest BCUT2D eigenvalue weighted by Gasteiger charge is 2.19. The van der Waals surface area contributed by atoms with E-state index in [1.165, 1.54) is 25.4 Å². The van der Waals surface area contributed by atoms with Crippen LogP contribution in [-0.2, 0) is 9.05 Å². The van der Waals surface area contributed by atoms with E-state index in [-0.39, 0.29) is 10.8 Å². The molecule has 2 rings (SSSR count). The van der Waals surface area contributed by atoms with E-state index >= 15 is 0 Å². The van der Waals surface area contributed by atoms with E-state index in [4.69, 9.17) is 20.2 Å². The van der Waals surface area contributed by atoms with Gasteiger partial charge in [-0.15, -0.1) is 0 Å². The minimum atomic E-state index is -3.96. The van der Waals surface area contributed by atoms with Crippen molar-refractivity contribution in [3.8, 4) is 17.4 Å². The van der Waals surface area contributed by atoms with Crippen LogP contribution in [0.5, 0.6) is 17.4 Å². The second-order valence-electron chi connectivity index (χ2n) is 3.76. The number of methoxy groups -OCH3 is 1. The molecular weight excluding hydrogens is 449 g/mol. The van der Waals surface area contributed by atoms with E-state index in [9.17, 15) is 8.42 Å². The zero-order chi connectivity index (χ0) is 15.6. The van der Waals surface area contributed by atoms with Gasteiger partial charge in [0.1, 0.15) is 16.4 Å². The smallest absolute Gasteiger partial charge is 0.266 e. The number of rotatable bonds is 4. The van der Waals surface area contributed by atoms with Crippen molar-refractivity contribution in [2.24, 2.45) is 0 Å². The van der Waals surface area contributed by atoms with Crippen molar-refractivity contribution in [3.63, 3.8) is 0 Å². The predicted molar refractivity (Wildman–Crippen MR) is 85.7 cm³/mol. The highest BCUT2D eigenvalue weighted by Crippen LogP contribution is 2.39. The van der Waals surface area contributed by atoms with E-state index in [1.807, 2.05) is 0 Å². The van der Waals surface area contributed by atoms with Crippen LogP contribution in [0.4, 0.5) is 0 Å². The second-order valence-corrected chi connectivity index (χ2v) is 8.01. The molecule has 1 aromatic carbocycles. The molecule has 0 saturated heterocycles. The lowest BCUT2D eigenvalue weighted by atomic mass is 10.3. The number of pyridine rings is 1. The summed E-state index contributed by atoms with van der Waals surface area (Å²) in [6.07, 6.45) is 1.41. The van der Waals surface area contributed by atoms with Gasteiger partial charge in [-0.05, 0) is 56.1 Å². The number of ether oxygens (including phenoxy) is 2. The summed E-state index contributed by atoms with van der Waals surface area (Å²) in [5.74, 6) is 0.855. The fraction of sp³-hybridized carbons (Fsp3) is 0.0833. The number of hydrogen-bond donors (Lipinski definition) is 0. The van der Waals surface area contributed by atoms with Crippen LogP contribution in [0.2, 0.25) is 0 Å². The molecule has 0 spiro atoms. The molecule has 21 heavy (non-hydrogen) atoms. The Labute approximate surface area is 142 Å². The summed E-state index contributed by atoms with van der Waals surface area (Å²) in [7, 11) is 2.94. The first kappa shape index (κ1) is 16.5. The van der Waals surface area contributed by atoms with Crippen LogP contribution >= 0.6 is 42.5 Å². The molecule has 0 N–H and O–H groups in total. The van der Waals surface area contributed by atoms with Crippen molar-refractivity contribution in [1.29, 1.82) is 0 Å². The minimum Gasteiger partial charge on any atom is -0.496 e. The molecule has 9 heteroatoms. The molecule has 0 radical (unpaired) electrons. The lowest BCUT2D eigenvalue weighted by Gasteiger charge is -2.11. The normalized spacial score (nSPS) is 11.2. The van der Waals surface area contributed by atoms with Gasteiger partial charge in [0.2, 0.25) is 5.88 Å². The van der Waals surface area contributed by atoms with Gasteiger partial charge in [0, 0.05) is 16.9 Å². The van der Waals surface area contributed by atoms with E-state index in [0.717, 1.165) is 0 Å². The lowest BCUT2D eigenvalue weighted by molar-refractivity contribution is 0.407. The summed E-state index contributed by atoms with van der Waals surface area (Å²) in [5, 5.41) is 0. The van der Waals surface area contributed by atoms with Crippen LogP contribution in [0.1, 0.15) is 0 Å². The van der Waals surface area contributed by atoms with Gasteiger partial charge in [0.15, 0.2) is 0 Å². The van der Waals surface area contributed by atoms with Crippen LogP contribution in [0.3, 0.4) is 0 Å². The van der Waals surface area contributed by atoms with E-state index < -0.39 is 9.05 Å². The molecule has 0 saturated carbocycles. The van der Waals surface area contributed by atoms with Crippen molar-refractivity contribution >= 4 is 51.6 Å². The molecule has 5 nitrogen and oxygen atoms in total. The van der Waals surface area contributed by atoms with Gasteiger partial charge in [0.05, 0.1) is 16.1 Å². The average molecular weight is 458 g/mol. The monoisotopic (exact) mass is 455 g/mol. The van der Waals surface area contributed by atoms with E-state index in [1.54, 1.807) is 12.1 Å². The molecule has 0 aliphatic rings. The number of halogens is 3. The maximum atomic E-state index is 11.5. The molecule has 0 unspecified atom stereocenters. The highest BCUT2D eigenvalue weighted by atomic mass is 79.9. The summed E-state index contributed by atoms with van der Waals surface area (Å²) in [6.45, 7) is 0. The first-order chi connectivity index (χ1) is 9.82. The fourth-order valence-corrected chi connectivity index (χ4v) is 3.27. The summed E-state index contributed by atoms with van der Waals surface area (Å²) >= 11 is 6.64. The lowest BCUT2D eigenvalue weighted by Crippen LogP contribution is -1.98. The molecule has 0 amide bonds. The van der Waals surface area contributed by atoms with Gasteiger partial charge in [0.25, 0.3) is 9.05 Å². The first-order valence-corrected chi connectivity index (χ1v) is 9.33. The maximum absolute atomic E-state index is 11.5. The van der Waals surface area contributed by atoms with Crippen molar-refractivity contribution in [1.82, 2.24) is 4.98 Å². The van der Waals surface area contributed by atoms with Crippen LogP contribution in [0.25, 0.3) is 0 Å². The topological polar surface area (TPSA) is 65.5 Å². The Balaban J connectivity index is 2.47. The van der Waals surface area contributed by atoms with Crippen LogP contribution in [0.15, 0.2) is 44.3 Å². The summed E-state index contributed by atoms with van der Waals surface area (Å²) < 4.78 is 34.9. The molecule has 0 atom stereocenters. The van der Waals surface area contributed by atoms with E-state index in [2.05, 4.69) is 36.8 Å². The van der Waals surface area contributed by atoms with Crippen molar-refractivity contribution in [3.05, 3.63) is 39.4 Å². The zero-order valence-electron chi connectivity index (χ0n) is 10.5. The maximum Gasteiger partial charge on any atom is 0.266 e. The molecule has 0 aliphatic carbocycles. The Morgan fingerprint density at radius 1 is 1.19 bits per heavy atom. The molecule has 112 valence electrons. The average Bonchev–Trinajstić information content (AvgIpc) is 2.42. The fourth-order valence-electron chi connectivity index (χ4n) is 1.49. The zero-order valence-corrected chi connectivity index (χ0v) is 15.3. The van der Waals surface area contributed by atoms with Crippen molar-refractivity contribution in [2.45, 2.75) is 4.90 Å². The molecule has 1 aromatic heterocycles. The Bertz CT molecular complexity index is 783. The third kappa shape index (κ3) is 3.88. The quantitative estimate of drug-likeness (QED) is 0.640. The van der Waals surface area contributed by atoms with Crippen LogP contribution in [-0.4, -0.2) is 20.5 Å². The molecular formula is C12H8Br2ClNO4S. The Hall–Kier alpha value is -0.830. The molecule has 0 bridgehead atoms. The van der Waals surface area contributed by atoms with Crippen LogP contribution < -0.4 is 9.47 Å². The summed E-state index contributed by atoms with van der Waals surface area (Å²) in [4.78, 5) is 3.70. The standard InChI is InChI=1S/C12H8Br2ClNO4S/c1-19-9-5-8(14)10(6-7(9)13)20-12-11(21(15,17)18)3-2-4-16-12/h2-6H,1H3. The predicted octanol–water partition coefficient (Wildman–Crippen LogP) is 4.34. The first-order valence-electron chi connectivity index (χ1n) is 5.43. The number of hydrogen-bond acceptors (Lipinski definition) is 5. The number of benzene rings is 1. The van der Waals surface area contributed by atoms with Gasteiger partial charge in [-0.25, -0.2) is 13.4 Å².